The van der Waals surface area contributed by atoms with Crippen LogP contribution in [0.5, 0.6) is 0 Å². The van der Waals surface area contributed by atoms with Crippen molar-refractivity contribution in [3.05, 3.63) is 23.0 Å². The van der Waals surface area contributed by atoms with E-state index >= 15 is 0 Å². The van der Waals surface area contributed by atoms with Crippen LogP contribution in [-0.4, -0.2) is 43.8 Å². The second-order valence-electron chi connectivity index (χ2n) is 1.83. The van der Waals surface area contributed by atoms with Gasteiger partial charge in [0, 0.05) is 23.9 Å². The number of aromatic amines is 2. The first-order valence-electron chi connectivity index (χ1n) is 2.75. The molecule has 0 amide bonds. The molecule has 11 heavy (non-hydrogen) atoms. The van der Waals surface area contributed by atoms with Gasteiger partial charge in [0.15, 0.2) is 11.2 Å². The number of rotatable bonds is 0. The fraction of sp³-hybridized carbons (Fsp3) is 0. The first-order valence-corrected chi connectivity index (χ1v) is 2.75. The van der Waals surface area contributed by atoms with Gasteiger partial charge in [0.25, 0.3) is 5.56 Å². The smallest absolute Gasteiger partial charge is 0.276 e. The predicted octanol–water partition coefficient (Wildman–Crippen LogP) is -0.735. The van der Waals surface area contributed by atoms with E-state index in [1.165, 1.54) is 12.7 Å². The summed E-state index contributed by atoms with van der Waals surface area (Å²) in [4.78, 5) is 23.6. The number of hydrogen-bond donors (Lipinski definition) is 2. The van der Waals surface area contributed by atoms with Crippen LogP contribution in [0.25, 0.3) is 11.2 Å². The number of fused-ring (bicyclic) bond motifs is 1. The Morgan fingerprint density at radius 1 is 1.18 bits per heavy atom. The molecule has 0 atom stereocenters. The first-order chi connectivity index (χ1) is 4.88. The van der Waals surface area contributed by atoms with Crippen molar-refractivity contribution in [3.63, 3.8) is 0 Å². The zero-order valence-electron chi connectivity index (χ0n) is 5.46. The number of H-pyrrole nitrogens is 2. The maximum Gasteiger partial charge on any atom is 0.276 e. The van der Waals surface area contributed by atoms with Crippen LogP contribution in [0, 0.1) is 0 Å². The Morgan fingerprint density at radius 3 is 2.45 bits per heavy atom. The van der Waals surface area contributed by atoms with Crippen molar-refractivity contribution in [2.45, 2.75) is 0 Å². The Hall–Kier alpha value is -0.851. The Bertz CT molecular complexity index is 406. The summed E-state index contributed by atoms with van der Waals surface area (Å²) < 4.78 is 0. The van der Waals surface area contributed by atoms with E-state index in [0.29, 0.717) is 11.2 Å². The minimum absolute atomic E-state index is 0. The third kappa shape index (κ3) is 1.28. The van der Waals surface area contributed by atoms with Crippen LogP contribution in [0.3, 0.4) is 0 Å². The third-order valence-electron chi connectivity index (χ3n) is 1.23. The van der Waals surface area contributed by atoms with E-state index in [1.54, 1.807) is 0 Å². The van der Waals surface area contributed by atoms with Gasteiger partial charge in [-0.1, -0.05) is 0 Å². The van der Waals surface area contributed by atoms with Crippen LogP contribution < -0.4 is 5.56 Å². The normalized spacial score (nSPS) is 9.45. The number of aromatic nitrogens is 4. The van der Waals surface area contributed by atoms with Gasteiger partial charge in [0.05, 0.1) is 12.7 Å². The minimum atomic E-state index is -0.192. The van der Waals surface area contributed by atoms with E-state index in [0.717, 1.165) is 0 Å². The largest absolute Gasteiger partial charge is 0.339 e. The third-order valence-corrected chi connectivity index (χ3v) is 1.23. The molecule has 5 nitrogen and oxygen atoms in total. The SMILES string of the molecule is O=c1[nH]cnc2nc[nH]c12.[Sn]. The number of nitrogens with one attached hydrogen (secondary N) is 2. The van der Waals surface area contributed by atoms with E-state index in [2.05, 4.69) is 19.9 Å². The van der Waals surface area contributed by atoms with E-state index in [9.17, 15) is 4.79 Å². The van der Waals surface area contributed by atoms with Gasteiger partial charge in [-0.25, -0.2) is 9.97 Å². The molecule has 54 valence electrons. The second kappa shape index (κ2) is 3.03. The Kier molecular flexibility index (Phi) is 2.28. The Morgan fingerprint density at radius 2 is 1.82 bits per heavy atom. The zero-order valence-corrected chi connectivity index (χ0v) is 8.31. The van der Waals surface area contributed by atoms with Crippen molar-refractivity contribution < 1.29 is 0 Å². The quantitative estimate of drug-likeness (QED) is 0.609. The van der Waals surface area contributed by atoms with Crippen molar-refractivity contribution >= 4 is 35.1 Å². The standard InChI is InChI=1S/C5H4N4O.Sn/c10-5-3-4(7-1-6-3)8-2-9-5;/h1-2H,(H2,6,7,8,9,10);. The fourth-order valence-electron chi connectivity index (χ4n) is 0.776. The van der Waals surface area contributed by atoms with Gasteiger partial charge < -0.3 is 9.97 Å². The number of imidazole rings is 1. The molecule has 0 bridgehead atoms. The summed E-state index contributed by atoms with van der Waals surface area (Å²) >= 11 is 0. The molecule has 0 spiro atoms. The summed E-state index contributed by atoms with van der Waals surface area (Å²) in [6.45, 7) is 0. The van der Waals surface area contributed by atoms with Crippen molar-refractivity contribution in [1.82, 2.24) is 19.9 Å². The van der Waals surface area contributed by atoms with Crippen molar-refractivity contribution in [1.29, 1.82) is 0 Å². The van der Waals surface area contributed by atoms with Gasteiger partial charge in [0.2, 0.25) is 0 Å². The molecule has 0 aromatic carbocycles. The number of nitrogens with zero attached hydrogens (tertiary/aromatic N) is 2. The van der Waals surface area contributed by atoms with Gasteiger partial charge in [-0.2, -0.15) is 0 Å². The summed E-state index contributed by atoms with van der Waals surface area (Å²) in [6, 6.07) is 0. The molecule has 2 N–H and O–H groups in total. The molecule has 2 rings (SSSR count). The van der Waals surface area contributed by atoms with E-state index < -0.39 is 0 Å². The summed E-state index contributed by atoms with van der Waals surface area (Å²) in [6.07, 6.45) is 2.76. The molecule has 0 unspecified atom stereocenters. The van der Waals surface area contributed by atoms with Crippen molar-refractivity contribution in [2.24, 2.45) is 0 Å². The van der Waals surface area contributed by atoms with Gasteiger partial charge in [0.1, 0.15) is 0 Å². The molecule has 2 aromatic heterocycles. The molecule has 2 aromatic rings. The summed E-state index contributed by atoms with van der Waals surface area (Å²) in [5.74, 6) is 0. The van der Waals surface area contributed by atoms with Crippen LogP contribution >= 0.6 is 0 Å². The molecule has 0 fully saturated rings. The molecule has 0 saturated carbocycles. The van der Waals surface area contributed by atoms with Gasteiger partial charge in [-0.05, 0) is 0 Å². The monoisotopic (exact) mass is 256 g/mol. The summed E-state index contributed by atoms with van der Waals surface area (Å²) in [5.41, 5.74) is 0.675. The van der Waals surface area contributed by atoms with Gasteiger partial charge in [-0.15, -0.1) is 0 Å². The van der Waals surface area contributed by atoms with Crippen LogP contribution in [-0.2, 0) is 0 Å². The first kappa shape index (κ1) is 8.25. The second-order valence-corrected chi connectivity index (χ2v) is 1.83. The molecular weight excluding hydrogens is 251 g/mol. The molecule has 0 saturated heterocycles. The molecular formula is C5H4N4OSn. The topological polar surface area (TPSA) is 74.4 Å². The minimum Gasteiger partial charge on any atom is -0.339 e. The molecule has 6 heteroatoms. The van der Waals surface area contributed by atoms with Gasteiger partial charge in [-0.3, -0.25) is 4.79 Å². The molecule has 0 aliphatic rings. The van der Waals surface area contributed by atoms with Crippen LogP contribution in [0.1, 0.15) is 0 Å². The Balaban J connectivity index is 0.000000605. The number of hydrogen-bond acceptors (Lipinski definition) is 3. The maximum atomic E-state index is 10.9. The van der Waals surface area contributed by atoms with E-state index in [1.807, 2.05) is 0 Å². The summed E-state index contributed by atoms with van der Waals surface area (Å²) in [7, 11) is 0. The predicted molar refractivity (Wildman–Crippen MR) is 40.3 cm³/mol. The Labute approximate surface area is 78.2 Å². The molecule has 2 heterocycles. The van der Waals surface area contributed by atoms with Crippen LogP contribution in [0.4, 0.5) is 0 Å². The van der Waals surface area contributed by atoms with Gasteiger partial charge >= 0.3 is 0 Å². The van der Waals surface area contributed by atoms with E-state index in [4.69, 9.17) is 0 Å². The maximum absolute atomic E-state index is 10.9. The average Bonchev–Trinajstić information content (AvgIpc) is 2.36. The van der Waals surface area contributed by atoms with E-state index in [-0.39, 0.29) is 29.5 Å². The van der Waals surface area contributed by atoms with Crippen molar-refractivity contribution in [2.75, 3.05) is 0 Å². The zero-order chi connectivity index (χ0) is 6.97. The summed E-state index contributed by atoms with van der Waals surface area (Å²) in [5, 5.41) is 0. The van der Waals surface area contributed by atoms with Crippen molar-refractivity contribution in [3.8, 4) is 0 Å². The molecule has 0 aliphatic carbocycles. The average molecular weight is 255 g/mol. The molecule has 4 radical (unpaired) electrons. The van der Waals surface area contributed by atoms with Crippen LogP contribution in [0.2, 0.25) is 0 Å². The molecule has 0 aliphatic heterocycles. The fourth-order valence-corrected chi connectivity index (χ4v) is 0.776. The van der Waals surface area contributed by atoms with Crippen LogP contribution in [0.15, 0.2) is 17.4 Å².